The summed E-state index contributed by atoms with van der Waals surface area (Å²) >= 11 is 6.08. The van der Waals surface area contributed by atoms with Gasteiger partial charge in [-0.05, 0) is 42.8 Å². The number of hydrogen-bond acceptors (Lipinski definition) is 4. The molecule has 0 saturated heterocycles. The van der Waals surface area contributed by atoms with E-state index in [0.29, 0.717) is 27.1 Å². The van der Waals surface area contributed by atoms with Crippen LogP contribution < -0.4 is 0 Å². The molecule has 0 bridgehead atoms. The van der Waals surface area contributed by atoms with Gasteiger partial charge in [-0.15, -0.1) is 0 Å². The summed E-state index contributed by atoms with van der Waals surface area (Å²) in [5.41, 5.74) is -0.209. The number of rotatable bonds is 4. The predicted octanol–water partition coefficient (Wildman–Crippen LogP) is 3.49. The Balaban J connectivity index is 2.24. The van der Waals surface area contributed by atoms with Crippen LogP contribution in [0.3, 0.4) is 0 Å². The molecule has 0 aliphatic rings. The molecule has 0 fully saturated rings. The molecule has 0 amide bonds. The molecule has 0 aliphatic heterocycles. The molecule has 0 radical (unpaired) electrons. The highest BCUT2D eigenvalue weighted by Gasteiger charge is 2.43. The summed E-state index contributed by atoms with van der Waals surface area (Å²) in [5.74, 6) is -0.791. The molecule has 3 rings (SSSR count). The number of esters is 1. The maximum Gasteiger partial charge on any atom is 0.347 e. The van der Waals surface area contributed by atoms with Crippen molar-refractivity contribution in [3.05, 3.63) is 70.4 Å². The second kappa shape index (κ2) is 6.60. The minimum atomic E-state index is -2.02. The Morgan fingerprint density at radius 3 is 2.68 bits per heavy atom. The Hall–Kier alpha value is -2.81. The van der Waals surface area contributed by atoms with Crippen molar-refractivity contribution in [3.63, 3.8) is 0 Å². The lowest BCUT2D eigenvalue weighted by Gasteiger charge is -2.26. The van der Waals surface area contributed by atoms with E-state index in [9.17, 15) is 9.90 Å². The van der Waals surface area contributed by atoms with Crippen LogP contribution in [0.2, 0.25) is 5.02 Å². The molecule has 1 heterocycles. The molecule has 126 valence electrons. The van der Waals surface area contributed by atoms with Gasteiger partial charge in [-0.1, -0.05) is 23.7 Å². The molecule has 0 saturated carbocycles. The van der Waals surface area contributed by atoms with Crippen molar-refractivity contribution < 1.29 is 14.6 Å². The summed E-state index contributed by atoms with van der Waals surface area (Å²) in [6, 6.07) is 13.3. The Bertz CT molecular complexity index is 972. The molecule has 2 aromatic carbocycles. The number of benzene rings is 2. The lowest BCUT2D eigenvalue weighted by atomic mass is 9.85. The number of nitrogens with one attached hydrogen (secondary N) is 1. The van der Waals surface area contributed by atoms with Crippen LogP contribution in [0.5, 0.6) is 0 Å². The molecule has 6 heteroatoms. The number of nitriles is 1. The number of aliphatic hydroxyl groups is 1. The second-order valence-electron chi connectivity index (χ2n) is 5.51. The van der Waals surface area contributed by atoms with E-state index in [-0.39, 0.29) is 6.61 Å². The predicted molar refractivity (Wildman–Crippen MR) is 94.1 cm³/mol. The maximum absolute atomic E-state index is 12.7. The van der Waals surface area contributed by atoms with Crippen LogP contribution in [0.25, 0.3) is 10.9 Å². The lowest BCUT2D eigenvalue weighted by molar-refractivity contribution is -0.161. The van der Waals surface area contributed by atoms with E-state index in [2.05, 4.69) is 4.98 Å². The molecule has 1 aromatic heterocycles. The Kier molecular flexibility index (Phi) is 4.49. The summed E-state index contributed by atoms with van der Waals surface area (Å²) in [6.07, 6.45) is 1.57. The average Bonchev–Trinajstić information content (AvgIpc) is 3.04. The third kappa shape index (κ3) is 2.86. The van der Waals surface area contributed by atoms with Crippen LogP contribution in [-0.4, -0.2) is 22.7 Å². The number of nitrogens with zero attached hydrogens (tertiary/aromatic N) is 1. The maximum atomic E-state index is 12.7. The van der Waals surface area contributed by atoms with E-state index in [1.54, 1.807) is 55.6 Å². The summed E-state index contributed by atoms with van der Waals surface area (Å²) in [6.45, 7) is 1.80. The highest BCUT2D eigenvalue weighted by Crippen LogP contribution is 2.37. The normalized spacial score (nSPS) is 13.2. The Morgan fingerprint density at radius 2 is 2.04 bits per heavy atom. The van der Waals surface area contributed by atoms with Crippen LogP contribution in [0.15, 0.2) is 48.7 Å². The molecule has 0 spiro atoms. The van der Waals surface area contributed by atoms with Gasteiger partial charge < -0.3 is 14.8 Å². The number of aromatic nitrogens is 1. The van der Waals surface area contributed by atoms with Crippen molar-refractivity contribution in [2.45, 2.75) is 12.5 Å². The topological polar surface area (TPSA) is 86.1 Å². The first-order valence-corrected chi connectivity index (χ1v) is 8.05. The van der Waals surface area contributed by atoms with Gasteiger partial charge >= 0.3 is 5.97 Å². The fourth-order valence-corrected chi connectivity index (χ4v) is 2.97. The van der Waals surface area contributed by atoms with Crippen molar-refractivity contribution in [3.8, 4) is 6.07 Å². The van der Waals surface area contributed by atoms with Gasteiger partial charge in [0.2, 0.25) is 5.60 Å². The average molecular weight is 355 g/mol. The van der Waals surface area contributed by atoms with Gasteiger partial charge in [0, 0.05) is 27.7 Å². The highest BCUT2D eigenvalue weighted by atomic mass is 35.5. The molecule has 25 heavy (non-hydrogen) atoms. The number of halogens is 1. The number of carbonyl (C=O) groups is 1. The summed E-state index contributed by atoms with van der Waals surface area (Å²) < 4.78 is 5.12. The van der Waals surface area contributed by atoms with Crippen LogP contribution in [0.4, 0.5) is 0 Å². The monoisotopic (exact) mass is 354 g/mol. The Morgan fingerprint density at radius 1 is 1.32 bits per heavy atom. The lowest BCUT2D eigenvalue weighted by Crippen LogP contribution is -2.38. The molecule has 1 atom stereocenters. The fourth-order valence-electron chi connectivity index (χ4n) is 2.80. The SMILES string of the molecule is CCOC(=O)[C@@](O)(c1ccc(C#N)cc1)c1c[nH]c2ccc(Cl)cc12. The van der Waals surface area contributed by atoms with Gasteiger partial charge in [0.25, 0.3) is 0 Å². The number of aromatic amines is 1. The summed E-state index contributed by atoms with van der Waals surface area (Å²) in [7, 11) is 0. The first kappa shape index (κ1) is 17.0. The number of ether oxygens (including phenoxy) is 1. The van der Waals surface area contributed by atoms with E-state index in [0.717, 1.165) is 5.52 Å². The molecule has 0 aliphatic carbocycles. The van der Waals surface area contributed by atoms with Crippen molar-refractivity contribution in [2.75, 3.05) is 6.61 Å². The van der Waals surface area contributed by atoms with Crippen LogP contribution in [0.1, 0.15) is 23.6 Å². The third-order valence-corrected chi connectivity index (χ3v) is 4.27. The quantitative estimate of drug-likeness (QED) is 0.702. The number of carbonyl (C=O) groups excluding carboxylic acids is 1. The second-order valence-corrected chi connectivity index (χ2v) is 5.95. The van der Waals surface area contributed by atoms with Crippen LogP contribution in [-0.2, 0) is 15.1 Å². The minimum Gasteiger partial charge on any atom is -0.463 e. The van der Waals surface area contributed by atoms with Crippen molar-refractivity contribution >= 4 is 28.5 Å². The number of fused-ring (bicyclic) bond motifs is 1. The molecule has 2 N–H and O–H groups in total. The molecule has 5 nitrogen and oxygen atoms in total. The third-order valence-electron chi connectivity index (χ3n) is 4.04. The Labute approximate surface area is 149 Å². The first-order chi connectivity index (χ1) is 12.0. The van der Waals surface area contributed by atoms with Gasteiger partial charge in [0.15, 0.2) is 0 Å². The van der Waals surface area contributed by atoms with Crippen molar-refractivity contribution in [2.24, 2.45) is 0 Å². The molecular weight excluding hydrogens is 340 g/mol. The van der Waals surface area contributed by atoms with E-state index in [1.165, 1.54) is 0 Å². The number of hydrogen-bond donors (Lipinski definition) is 2. The van der Waals surface area contributed by atoms with Gasteiger partial charge in [0.1, 0.15) is 0 Å². The summed E-state index contributed by atoms with van der Waals surface area (Å²) in [5, 5.41) is 21.4. The van der Waals surface area contributed by atoms with Crippen LogP contribution >= 0.6 is 11.6 Å². The largest absolute Gasteiger partial charge is 0.463 e. The number of H-pyrrole nitrogens is 1. The standard InChI is InChI=1S/C19H15ClN2O3/c1-2-25-18(23)19(24,13-5-3-12(10-21)4-6-13)16-11-22-17-8-7-14(20)9-15(16)17/h3-9,11,22,24H,2H2,1H3/t19-/m1/s1. The van der Waals surface area contributed by atoms with Gasteiger partial charge in [-0.3, -0.25) is 0 Å². The minimum absolute atomic E-state index is 0.126. The zero-order valence-electron chi connectivity index (χ0n) is 13.4. The van der Waals surface area contributed by atoms with E-state index >= 15 is 0 Å². The zero-order valence-corrected chi connectivity index (χ0v) is 14.2. The van der Waals surface area contributed by atoms with E-state index in [4.69, 9.17) is 21.6 Å². The molecule has 0 unspecified atom stereocenters. The van der Waals surface area contributed by atoms with E-state index in [1.807, 2.05) is 6.07 Å². The zero-order chi connectivity index (χ0) is 18.0. The van der Waals surface area contributed by atoms with Crippen LogP contribution in [0, 0.1) is 11.3 Å². The van der Waals surface area contributed by atoms with Gasteiger partial charge in [-0.25, -0.2) is 4.79 Å². The van der Waals surface area contributed by atoms with Crippen molar-refractivity contribution in [1.29, 1.82) is 5.26 Å². The van der Waals surface area contributed by atoms with Gasteiger partial charge in [-0.2, -0.15) is 5.26 Å². The van der Waals surface area contributed by atoms with Gasteiger partial charge in [0.05, 0.1) is 18.2 Å². The summed E-state index contributed by atoms with van der Waals surface area (Å²) in [4.78, 5) is 15.7. The highest BCUT2D eigenvalue weighted by molar-refractivity contribution is 6.31. The molecule has 3 aromatic rings. The smallest absolute Gasteiger partial charge is 0.347 e. The molecular formula is C19H15ClN2O3. The fraction of sp³-hybridized carbons (Fsp3) is 0.158. The van der Waals surface area contributed by atoms with E-state index < -0.39 is 11.6 Å². The first-order valence-electron chi connectivity index (χ1n) is 7.68. The van der Waals surface area contributed by atoms with Crippen molar-refractivity contribution in [1.82, 2.24) is 4.98 Å².